The first kappa shape index (κ1) is 13.5. The molecule has 0 bridgehead atoms. The van der Waals surface area contributed by atoms with E-state index in [9.17, 15) is 20.1 Å². The van der Waals surface area contributed by atoms with E-state index in [0.29, 0.717) is 16.8 Å². The summed E-state index contributed by atoms with van der Waals surface area (Å²) in [7, 11) is 0. The van der Waals surface area contributed by atoms with Gasteiger partial charge in [0.1, 0.15) is 0 Å². The number of benzene rings is 2. The molecule has 1 amide bonds. The van der Waals surface area contributed by atoms with Crippen LogP contribution in [0.25, 0.3) is 0 Å². The highest BCUT2D eigenvalue weighted by Gasteiger charge is 2.10. The van der Waals surface area contributed by atoms with E-state index in [-0.39, 0.29) is 18.0 Å². The van der Waals surface area contributed by atoms with Crippen molar-refractivity contribution in [2.24, 2.45) is 5.73 Å². The Morgan fingerprint density at radius 1 is 1.10 bits per heavy atom. The van der Waals surface area contributed by atoms with Gasteiger partial charge in [0.2, 0.25) is 11.7 Å². The van der Waals surface area contributed by atoms with Crippen LogP contribution in [0, 0.1) is 0 Å². The van der Waals surface area contributed by atoms with E-state index in [1.165, 1.54) is 12.1 Å². The third-order valence-electron chi connectivity index (χ3n) is 2.84. The van der Waals surface area contributed by atoms with Gasteiger partial charge in [-0.2, -0.15) is 0 Å². The number of carbonyl (C=O) groups excluding carboxylic acids is 1. The van der Waals surface area contributed by atoms with Gasteiger partial charge >= 0.3 is 0 Å². The van der Waals surface area contributed by atoms with Crippen molar-refractivity contribution >= 4 is 11.6 Å². The highest BCUT2D eigenvalue weighted by atomic mass is 16.3. The molecule has 0 atom stereocenters. The Morgan fingerprint density at radius 2 is 1.85 bits per heavy atom. The molecule has 0 saturated carbocycles. The van der Waals surface area contributed by atoms with E-state index in [1.54, 1.807) is 24.3 Å². The number of nitrogens with one attached hydrogen (secondary N) is 1. The fourth-order valence-electron chi connectivity index (χ4n) is 1.73. The summed E-state index contributed by atoms with van der Waals surface area (Å²) in [6.07, 6.45) is 0. The molecular weight excluding hydrogens is 260 g/mol. The number of phenolic OH excluding ortho intramolecular Hbond substituents is 3. The Morgan fingerprint density at radius 3 is 2.55 bits per heavy atom. The molecule has 0 fully saturated rings. The summed E-state index contributed by atoms with van der Waals surface area (Å²) in [4.78, 5) is 11.1. The van der Waals surface area contributed by atoms with Crippen LogP contribution in [0.5, 0.6) is 17.2 Å². The van der Waals surface area contributed by atoms with Gasteiger partial charge in [-0.25, -0.2) is 0 Å². The second-order valence-corrected chi connectivity index (χ2v) is 4.24. The van der Waals surface area contributed by atoms with Crippen LogP contribution < -0.4 is 11.1 Å². The van der Waals surface area contributed by atoms with Crippen LogP contribution in [0.15, 0.2) is 36.4 Å². The molecule has 0 heterocycles. The molecule has 2 aromatic rings. The van der Waals surface area contributed by atoms with Gasteiger partial charge in [0.25, 0.3) is 0 Å². The van der Waals surface area contributed by atoms with E-state index < -0.39 is 11.7 Å². The van der Waals surface area contributed by atoms with E-state index in [4.69, 9.17) is 5.73 Å². The van der Waals surface area contributed by atoms with Crippen molar-refractivity contribution in [3.8, 4) is 17.2 Å². The number of amides is 1. The molecule has 6 N–H and O–H groups in total. The molecule has 0 saturated heterocycles. The number of nitrogens with two attached hydrogens (primary N) is 1. The average molecular weight is 274 g/mol. The van der Waals surface area contributed by atoms with Gasteiger partial charge in [-0.3, -0.25) is 4.79 Å². The molecule has 2 rings (SSSR count). The predicted octanol–water partition coefficient (Wildman–Crippen LogP) is 1.51. The first-order chi connectivity index (χ1) is 9.49. The molecule has 20 heavy (non-hydrogen) atoms. The molecule has 0 radical (unpaired) electrons. The fourth-order valence-corrected chi connectivity index (χ4v) is 1.73. The minimum Gasteiger partial charge on any atom is -0.504 e. The van der Waals surface area contributed by atoms with Crippen LogP contribution in [0.1, 0.15) is 15.9 Å². The zero-order valence-corrected chi connectivity index (χ0v) is 10.5. The molecule has 0 aliphatic carbocycles. The second-order valence-electron chi connectivity index (χ2n) is 4.24. The van der Waals surface area contributed by atoms with Gasteiger partial charge in [0, 0.05) is 23.4 Å². The lowest BCUT2D eigenvalue weighted by Crippen LogP contribution is -2.11. The molecule has 104 valence electrons. The largest absolute Gasteiger partial charge is 0.504 e. The van der Waals surface area contributed by atoms with Crippen molar-refractivity contribution in [3.63, 3.8) is 0 Å². The van der Waals surface area contributed by atoms with Crippen LogP contribution in [-0.2, 0) is 6.54 Å². The maximum absolute atomic E-state index is 11.1. The SMILES string of the molecule is NC(=O)c1cccc(NCc2ccc(O)c(O)c2O)c1. The van der Waals surface area contributed by atoms with Crippen LogP contribution >= 0.6 is 0 Å². The van der Waals surface area contributed by atoms with Crippen molar-refractivity contribution < 1.29 is 20.1 Å². The quantitative estimate of drug-likeness (QED) is 0.542. The maximum atomic E-state index is 11.1. The zero-order valence-electron chi connectivity index (χ0n) is 10.5. The minimum absolute atomic E-state index is 0.210. The highest BCUT2D eigenvalue weighted by Crippen LogP contribution is 2.37. The van der Waals surface area contributed by atoms with Crippen LogP contribution in [0.2, 0.25) is 0 Å². The van der Waals surface area contributed by atoms with E-state index in [2.05, 4.69) is 5.32 Å². The maximum Gasteiger partial charge on any atom is 0.248 e. The third-order valence-corrected chi connectivity index (χ3v) is 2.84. The van der Waals surface area contributed by atoms with Gasteiger partial charge in [-0.15, -0.1) is 0 Å². The average Bonchev–Trinajstić information content (AvgIpc) is 2.44. The fraction of sp³-hybridized carbons (Fsp3) is 0.0714. The van der Waals surface area contributed by atoms with Crippen LogP contribution in [-0.4, -0.2) is 21.2 Å². The van der Waals surface area contributed by atoms with Gasteiger partial charge in [-0.05, 0) is 30.3 Å². The van der Waals surface area contributed by atoms with Gasteiger partial charge in [0.05, 0.1) is 0 Å². The second kappa shape index (κ2) is 5.40. The van der Waals surface area contributed by atoms with Crippen molar-refractivity contribution in [1.29, 1.82) is 0 Å². The third kappa shape index (κ3) is 2.74. The molecule has 0 unspecified atom stereocenters. The van der Waals surface area contributed by atoms with Gasteiger partial charge in [0.15, 0.2) is 11.5 Å². The Balaban J connectivity index is 2.15. The molecule has 2 aromatic carbocycles. The summed E-state index contributed by atoms with van der Waals surface area (Å²) >= 11 is 0. The van der Waals surface area contributed by atoms with Crippen LogP contribution in [0.3, 0.4) is 0 Å². The van der Waals surface area contributed by atoms with E-state index >= 15 is 0 Å². The topological polar surface area (TPSA) is 116 Å². The Bertz CT molecular complexity index is 656. The predicted molar refractivity (Wildman–Crippen MR) is 73.7 cm³/mol. The molecule has 0 spiro atoms. The number of primary amides is 1. The lowest BCUT2D eigenvalue weighted by atomic mass is 10.1. The first-order valence-corrected chi connectivity index (χ1v) is 5.85. The highest BCUT2D eigenvalue weighted by molar-refractivity contribution is 5.93. The molecule has 6 nitrogen and oxygen atoms in total. The summed E-state index contributed by atoms with van der Waals surface area (Å²) < 4.78 is 0. The standard InChI is InChI=1S/C14H14N2O4/c15-14(20)8-2-1-3-10(6-8)16-7-9-4-5-11(17)13(19)12(9)18/h1-6,16-19H,7H2,(H2,15,20). The molecular formula is C14H14N2O4. The lowest BCUT2D eigenvalue weighted by molar-refractivity contribution is 0.100. The number of hydrogen-bond acceptors (Lipinski definition) is 5. The lowest BCUT2D eigenvalue weighted by Gasteiger charge is -2.10. The van der Waals surface area contributed by atoms with Gasteiger partial charge in [-0.1, -0.05) is 6.07 Å². The minimum atomic E-state index is -0.560. The number of carbonyl (C=O) groups is 1. The summed E-state index contributed by atoms with van der Waals surface area (Å²) in [5.74, 6) is -1.86. The summed E-state index contributed by atoms with van der Waals surface area (Å²) in [6.45, 7) is 0.210. The van der Waals surface area contributed by atoms with Gasteiger partial charge < -0.3 is 26.4 Å². The Labute approximate surface area is 115 Å². The van der Waals surface area contributed by atoms with E-state index in [0.717, 1.165) is 0 Å². The van der Waals surface area contributed by atoms with Crippen molar-refractivity contribution in [3.05, 3.63) is 47.5 Å². The molecule has 0 aliphatic rings. The number of hydrogen-bond donors (Lipinski definition) is 5. The number of phenols is 3. The number of aromatic hydroxyl groups is 3. The van der Waals surface area contributed by atoms with Crippen molar-refractivity contribution in [2.45, 2.75) is 6.54 Å². The number of rotatable bonds is 4. The monoisotopic (exact) mass is 274 g/mol. The van der Waals surface area contributed by atoms with Crippen molar-refractivity contribution in [1.82, 2.24) is 0 Å². The van der Waals surface area contributed by atoms with E-state index in [1.807, 2.05) is 0 Å². The van der Waals surface area contributed by atoms with Crippen LogP contribution in [0.4, 0.5) is 5.69 Å². The molecule has 0 aliphatic heterocycles. The Kier molecular flexibility index (Phi) is 3.65. The molecule has 0 aromatic heterocycles. The summed E-state index contributed by atoms with van der Waals surface area (Å²) in [5.41, 5.74) is 6.61. The molecule has 6 heteroatoms. The zero-order chi connectivity index (χ0) is 14.7. The first-order valence-electron chi connectivity index (χ1n) is 5.85. The smallest absolute Gasteiger partial charge is 0.248 e. The summed E-state index contributed by atoms with van der Waals surface area (Å²) in [5, 5.41) is 31.3. The Hall–Kier alpha value is -2.89. The summed E-state index contributed by atoms with van der Waals surface area (Å²) in [6, 6.07) is 9.36. The number of anilines is 1. The normalized spacial score (nSPS) is 10.2. The van der Waals surface area contributed by atoms with Crippen molar-refractivity contribution in [2.75, 3.05) is 5.32 Å².